The molecule has 4 aromatic rings. The van der Waals surface area contributed by atoms with Gasteiger partial charge in [0.15, 0.2) is 11.6 Å². The minimum atomic E-state index is -0.886. The molecule has 0 saturated carbocycles. The lowest BCUT2D eigenvalue weighted by Crippen LogP contribution is -1.98. The Morgan fingerprint density at radius 1 is 0.688 bits per heavy atom. The molecule has 0 aliphatic rings. The molecular weight excluding hydrogens is 409 g/mol. The maximum absolute atomic E-state index is 14.8. The molecule has 0 N–H and O–H groups in total. The molecule has 1 nitrogen and oxygen atoms in total. The van der Waals surface area contributed by atoms with Crippen LogP contribution in [0.3, 0.4) is 0 Å². The van der Waals surface area contributed by atoms with Crippen LogP contribution in [0.4, 0.5) is 13.2 Å². The third-order valence-electron chi connectivity index (χ3n) is 5.51. The number of ether oxygens (including phenoxy) is 1. The number of rotatable bonds is 6. The lowest BCUT2D eigenvalue weighted by molar-refractivity contribution is 0.305. The molecule has 0 bridgehead atoms. The van der Waals surface area contributed by atoms with E-state index >= 15 is 0 Å². The number of halogens is 3. The predicted octanol–water partition coefficient (Wildman–Crippen LogP) is 7.89. The van der Waals surface area contributed by atoms with Crippen molar-refractivity contribution in [2.75, 3.05) is 0 Å². The molecule has 4 rings (SSSR count). The Morgan fingerprint density at radius 3 is 1.78 bits per heavy atom. The second-order valence-corrected chi connectivity index (χ2v) is 7.75. The average Bonchev–Trinajstić information content (AvgIpc) is 2.81. The minimum absolute atomic E-state index is 0.183. The van der Waals surface area contributed by atoms with Crippen LogP contribution >= 0.6 is 0 Å². The van der Waals surface area contributed by atoms with Gasteiger partial charge in [0.05, 0.1) is 0 Å². The topological polar surface area (TPSA) is 9.23 Å². The quantitative estimate of drug-likeness (QED) is 0.301. The van der Waals surface area contributed by atoms with Crippen molar-refractivity contribution in [3.05, 3.63) is 113 Å². The summed E-state index contributed by atoms with van der Waals surface area (Å²) in [5.74, 6) is -1.44. The zero-order valence-electron chi connectivity index (χ0n) is 18.0. The van der Waals surface area contributed by atoms with E-state index in [1.165, 1.54) is 6.07 Å². The first-order chi connectivity index (χ1) is 15.5. The summed E-state index contributed by atoms with van der Waals surface area (Å²) < 4.78 is 49.3. The van der Waals surface area contributed by atoms with E-state index in [0.717, 1.165) is 11.1 Å². The highest BCUT2D eigenvalue weighted by molar-refractivity contribution is 5.72. The highest BCUT2D eigenvalue weighted by Crippen LogP contribution is 2.32. The first-order valence-corrected chi connectivity index (χ1v) is 10.5. The van der Waals surface area contributed by atoms with Crippen molar-refractivity contribution in [1.29, 1.82) is 0 Å². The third kappa shape index (κ3) is 4.54. The molecule has 162 valence electrons. The Kier molecular flexibility index (Phi) is 6.31. The molecule has 0 unspecified atom stereocenters. The van der Waals surface area contributed by atoms with E-state index in [1.807, 2.05) is 32.0 Å². The molecule has 0 heterocycles. The van der Waals surface area contributed by atoms with Crippen LogP contribution in [0.5, 0.6) is 5.75 Å². The van der Waals surface area contributed by atoms with E-state index in [2.05, 4.69) is 0 Å². The number of hydrogen-bond donors (Lipinski definition) is 0. The third-order valence-corrected chi connectivity index (χ3v) is 5.51. The van der Waals surface area contributed by atoms with E-state index < -0.39 is 11.6 Å². The van der Waals surface area contributed by atoms with Gasteiger partial charge < -0.3 is 4.74 Å². The van der Waals surface area contributed by atoms with Crippen LogP contribution in [0, 0.1) is 24.4 Å². The number of benzene rings is 4. The highest BCUT2D eigenvalue weighted by atomic mass is 19.2. The number of aryl methyl sites for hydroxylation is 2. The standard InChI is InChI=1S/C28H23F3O/c1-3-20-9-6-19(16-26(20)29)17-32-23-12-10-22(11-13-23)25-15-14-24(27(30)28(25)31)21-7-4-18(2)5-8-21/h4-16H,3,17H2,1-2H3. The lowest BCUT2D eigenvalue weighted by atomic mass is 9.98. The minimum Gasteiger partial charge on any atom is -0.489 e. The molecule has 0 radical (unpaired) electrons. The molecule has 4 heteroatoms. The van der Waals surface area contributed by atoms with Gasteiger partial charge in [-0.2, -0.15) is 0 Å². The van der Waals surface area contributed by atoms with Crippen LogP contribution in [0.15, 0.2) is 78.9 Å². The molecule has 32 heavy (non-hydrogen) atoms. The Bertz CT molecular complexity index is 1230. The largest absolute Gasteiger partial charge is 0.489 e. The summed E-state index contributed by atoms with van der Waals surface area (Å²) >= 11 is 0. The highest BCUT2D eigenvalue weighted by Gasteiger charge is 2.16. The molecule has 0 spiro atoms. The van der Waals surface area contributed by atoms with E-state index in [0.29, 0.717) is 28.9 Å². The molecule has 0 saturated heterocycles. The van der Waals surface area contributed by atoms with Gasteiger partial charge in [-0.25, -0.2) is 13.2 Å². The second kappa shape index (κ2) is 9.31. The summed E-state index contributed by atoms with van der Waals surface area (Å²) in [7, 11) is 0. The van der Waals surface area contributed by atoms with Crippen molar-refractivity contribution in [2.45, 2.75) is 26.9 Å². The molecule has 4 aromatic carbocycles. The van der Waals surface area contributed by atoms with E-state index in [-0.39, 0.29) is 23.6 Å². The normalized spacial score (nSPS) is 10.9. The molecule has 0 fully saturated rings. The van der Waals surface area contributed by atoms with Crippen molar-refractivity contribution in [2.24, 2.45) is 0 Å². The molecule has 0 atom stereocenters. The first-order valence-electron chi connectivity index (χ1n) is 10.5. The summed E-state index contributed by atoms with van der Waals surface area (Å²) in [5.41, 5.74) is 4.03. The number of hydrogen-bond acceptors (Lipinski definition) is 1. The molecule has 0 aromatic heterocycles. The van der Waals surface area contributed by atoms with Gasteiger partial charge in [0.25, 0.3) is 0 Å². The summed E-state index contributed by atoms with van der Waals surface area (Å²) in [6.07, 6.45) is 0.636. The van der Waals surface area contributed by atoms with Gasteiger partial charge >= 0.3 is 0 Å². The zero-order chi connectivity index (χ0) is 22.7. The van der Waals surface area contributed by atoms with Gasteiger partial charge in [-0.15, -0.1) is 0 Å². The van der Waals surface area contributed by atoms with Gasteiger partial charge in [-0.3, -0.25) is 0 Å². The fourth-order valence-electron chi connectivity index (χ4n) is 3.59. The fraction of sp³-hybridized carbons (Fsp3) is 0.143. The second-order valence-electron chi connectivity index (χ2n) is 7.75. The smallest absolute Gasteiger partial charge is 0.167 e. The van der Waals surface area contributed by atoms with E-state index in [9.17, 15) is 13.2 Å². The van der Waals surface area contributed by atoms with Gasteiger partial charge in [-0.1, -0.05) is 73.2 Å². The Labute approximate surface area is 186 Å². The van der Waals surface area contributed by atoms with Crippen molar-refractivity contribution in [1.82, 2.24) is 0 Å². The Morgan fingerprint density at radius 2 is 1.25 bits per heavy atom. The summed E-state index contributed by atoms with van der Waals surface area (Å²) in [6.45, 7) is 4.06. The van der Waals surface area contributed by atoms with Crippen LogP contribution < -0.4 is 4.74 Å². The van der Waals surface area contributed by atoms with Gasteiger partial charge in [0.1, 0.15) is 18.2 Å². The van der Waals surface area contributed by atoms with Crippen LogP contribution in [0.2, 0.25) is 0 Å². The van der Waals surface area contributed by atoms with Crippen molar-refractivity contribution in [3.63, 3.8) is 0 Å². The van der Waals surface area contributed by atoms with Crippen LogP contribution in [0.1, 0.15) is 23.6 Å². The van der Waals surface area contributed by atoms with Gasteiger partial charge in [-0.05, 0) is 53.8 Å². The lowest BCUT2D eigenvalue weighted by Gasteiger charge is -2.11. The van der Waals surface area contributed by atoms with E-state index in [1.54, 1.807) is 54.6 Å². The summed E-state index contributed by atoms with van der Waals surface area (Å²) in [6, 6.07) is 22.3. The summed E-state index contributed by atoms with van der Waals surface area (Å²) in [4.78, 5) is 0. The van der Waals surface area contributed by atoms with E-state index in [4.69, 9.17) is 4.74 Å². The Hall–Kier alpha value is -3.53. The molecule has 0 aliphatic heterocycles. The monoisotopic (exact) mass is 432 g/mol. The molecular formula is C28H23F3O. The molecule has 0 amide bonds. The van der Waals surface area contributed by atoms with Gasteiger partial charge in [0.2, 0.25) is 0 Å². The molecule has 0 aliphatic carbocycles. The maximum Gasteiger partial charge on any atom is 0.167 e. The SMILES string of the molecule is CCc1ccc(COc2ccc(-c3ccc(-c4ccc(C)cc4)c(F)c3F)cc2)cc1F. The van der Waals surface area contributed by atoms with Crippen LogP contribution in [-0.2, 0) is 13.0 Å². The van der Waals surface area contributed by atoms with Gasteiger partial charge in [0, 0.05) is 11.1 Å². The predicted molar refractivity (Wildman–Crippen MR) is 122 cm³/mol. The zero-order valence-corrected chi connectivity index (χ0v) is 18.0. The average molecular weight is 432 g/mol. The Balaban J connectivity index is 1.50. The maximum atomic E-state index is 14.8. The first kappa shape index (κ1) is 21.7. The fourth-order valence-corrected chi connectivity index (χ4v) is 3.59. The van der Waals surface area contributed by atoms with Crippen LogP contribution in [-0.4, -0.2) is 0 Å². The van der Waals surface area contributed by atoms with Crippen LogP contribution in [0.25, 0.3) is 22.3 Å². The van der Waals surface area contributed by atoms with Crippen molar-refractivity contribution in [3.8, 4) is 28.0 Å². The van der Waals surface area contributed by atoms with Crippen molar-refractivity contribution < 1.29 is 17.9 Å². The summed E-state index contributed by atoms with van der Waals surface area (Å²) in [5, 5.41) is 0. The van der Waals surface area contributed by atoms with Crippen molar-refractivity contribution >= 4 is 0 Å².